The summed E-state index contributed by atoms with van der Waals surface area (Å²) in [7, 11) is 0. The fraction of sp³-hybridized carbons (Fsp3) is 0. The van der Waals surface area contributed by atoms with Gasteiger partial charge >= 0.3 is 0 Å². The predicted molar refractivity (Wildman–Crippen MR) is 91.8 cm³/mol. The molecule has 3 aromatic rings. The monoisotopic (exact) mass is 331 g/mol. The second-order valence-corrected chi connectivity index (χ2v) is 5.84. The molecular weight excluding hydrogens is 320 g/mol. The lowest BCUT2D eigenvalue weighted by Gasteiger charge is -2.02. The number of carbonyl (C=O) groups is 1. The van der Waals surface area contributed by atoms with Gasteiger partial charge in [-0.15, -0.1) is 11.3 Å². The maximum absolute atomic E-state index is 10.8. The van der Waals surface area contributed by atoms with Crippen molar-refractivity contribution in [1.29, 1.82) is 5.26 Å². The summed E-state index contributed by atoms with van der Waals surface area (Å²) in [4.78, 5) is 15.3. The van der Waals surface area contributed by atoms with Gasteiger partial charge in [-0.25, -0.2) is 4.98 Å². The number of thiazole rings is 1. The van der Waals surface area contributed by atoms with E-state index < -0.39 is 5.97 Å². The van der Waals surface area contributed by atoms with Crippen LogP contribution in [0.5, 0.6) is 0 Å². The third-order valence-corrected chi connectivity index (χ3v) is 4.26. The molecule has 0 saturated carbocycles. The molecule has 0 aliphatic heterocycles. The van der Waals surface area contributed by atoms with Crippen LogP contribution in [0.2, 0.25) is 0 Å². The quantitative estimate of drug-likeness (QED) is 0.688. The van der Waals surface area contributed by atoms with Gasteiger partial charge in [0.25, 0.3) is 0 Å². The lowest BCUT2D eigenvalue weighted by molar-refractivity contribution is -0.255. The maximum atomic E-state index is 10.8. The molecule has 3 rings (SSSR count). The molecule has 0 atom stereocenters. The standard InChI is InChI=1S/C19H12N2O2S/c20-11-16(10-13-6-8-15(9-7-13)19(22)23)18-21-17(12-24-18)14-4-2-1-3-5-14/h1-10,12H,(H,22,23)/p-1/b16-10+. The zero-order valence-corrected chi connectivity index (χ0v) is 13.3. The van der Waals surface area contributed by atoms with Gasteiger partial charge < -0.3 is 9.90 Å². The molecule has 0 unspecified atom stereocenters. The van der Waals surface area contributed by atoms with Crippen LogP contribution < -0.4 is 5.11 Å². The molecule has 24 heavy (non-hydrogen) atoms. The molecule has 0 aliphatic rings. The highest BCUT2D eigenvalue weighted by molar-refractivity contribution is 7.11. The normalized spacial score (nSPS) is 11.0. The van der Waals surface area contributed by atoms with Gasteiger partial charge in [0.1, 0.15) is 11.1 Å². The van der Waals surface area contributed by atoms with Crippen molar-refractivity contribution in [2.24, 2.45) is 0 Å². The van der Waals surface area contributed by atoms with Crippen molar-refractivity contribution in [3.05, 3.63) is 76.1 Å². The van der Waals surface area contributed by atoms with Crippen molar-refractivity contribution in [3.8, 4) is 17.3 Å². The third-order valence-electron chi connectivity index (χ3n) is 3.38. The minimum atomic E-state index is -1.22. The highest BCUT2D eigenvalue weighted by atomic mass is 32.1. The molecule has 0 spiro atoms. The molecule has 0 amide bonds. The Morgan fingerprint density at radius 3 is 2.46 bits per heavy atom. The predicted octanol–water partition coefficient (Wildman–Crippen LogP) is 3.24. The number of aromatic carboxylic acids is 1. The van der Waals surface area contributed by atoms with Gasteiger partial charge in [0.05, 0.1) is 17.2 Å². The van der Waals surface area contributed by atoms with Crippen LogP contribution in [0.25, 0.3) is 22.9 Å². The first-order valence-corrected chi connectivity index (χ1v) is 8.00. The van der Waals surface area contributed by atoms with Crippen LogP contribution in [0.3, 0.4) is 0 Å². The van der Waals surface area contributed by atoms with Crippen molar-refractivity contribution < 1.29 is 9.90 Å². The molecule has 2 aromatic carbocycles. The van der Waals surface area contributed by atoms with Crippen molar-refractivity contribution in [2.75, 3.05) is 0 Å². The van der Waals surface area contributed by atoms with Crippen LogP contribution in [0, 0.1) is 11.3 Å². The smallest absolute Gasteiger partial charge is 0.134 e. The molecule has 0 N–H and O–H groups in total. The maximum Gasteiger partial charge on any atom is 0.134 e. The summed E-state index contributed by atoms with van der Waals surface area (Å²) in [5, 5.41) is 22.7. The van der Waals surface area contributed by atoms with Crippen molar-refractivity contribution >= 4 is 29.0 Å². The lowest BCUT2D eigenvalue weighted by atomic mass is 10.1. The molecule has 116 valence electrons. The fourth-order valence-electron chi connectivity index (χ4n) is 2.16. The number of allylic oxidation sites excluding steroid dienone is 1. The Labute approximate surface area is 143 Å². The largest absolute Gasteiger partial charge is 0.545 e. The van der Waals surface area contributed by atoms with E-state index in [1.165, 1.54) is 23.5 Å². The van der Waals surface area contributed by atoms with E-state index >= 15 is 0 Å². The molecule has 0 aliphatic carbocycles. The lowest BCUT2D eigenvalue weighted by Crippen LogP contribution is -2.21. The molecule has 1 heterocycles. The van der Waals surface area contributed by atoms with E-state index in [9.17, 15) is 15.2 Å². The van der Waals surface area contributed by atoms with Gasteiger partial charge in [0, 0.05) is 10.9 Å². The molecule has 0 saturated heterocycles. The molecule has 5 heteroatoms. The van der Waals surface area contributed by atoms with Crippen LogP contribution in [0.1, 0.15) is 20.9 Å². The van der Waals surface area contributed by atoms with E-state index in [4.69, 9.17) is 0 Å². The second kappa shape index (κ2) is 6.90. The Morgan fingerprint density at radius 1 is 1.12 bits per heavy atom. The van der Waals surface area contributed by atoms with Crippen LogP contribution >= 0.6 is 11.3 Å². The Kier molecular flexibility index (Phi) is 4.50. The van der Waals surface area contributed by atoms with E-state index in [2.05, 4.69) is 11.1 Å². The number of carbonyl (C=O) groups excluding carboxylic acids is 1. The molecule has 0 radical (unpaired) electrons. The number of rotatable bonds is 4. The van der Waals surface area contributed by atoms with Crippen LogP contribution in [-0.4, -0.2) is 11.0 Å². The van der Waals surface area contributed by atoms with Gasteiger partial charge in [-0.1, -0.05) is 54.6 Å². The zero-order chi connectivity index (χ0) is 16.9. The number of carboxylic acid groups (broad SMARTS) is 1. The van der Waals surface area contributed by atoms with E-state index in [1.807, 2.05) is 35.7 Å². The number of nitriles is 1. The summed E-state index contributed by atoms with van der Waals surface area (Å²) < 4.78 is 0. The van der Waals surface area contributed by atoms with Gasteiger partial charge in [-0.05, 0) is 17.2 Å². The number of nitrogens with zero attached hydrogens (tertiary/aromatic N) is 2. The van der Waals surface area contributed by atoms with Crippen LogP contribution in [0.15, 0.2) is 60.0 Å². The number of aromatic nitrogens is 1. The number of hydrogen-bond donors (Lipinski definition) is 0. The minimum absolute atomic E-state index is 0.103. The average Bonchev–Trinajstić information content (AvgIpc) is 3.11. The SMILES string of the molecule is N#C/C(=C\c1ccc(C(=O)[O-])cc1)c1nc(-c2ccccc2)cs1. The summed E-state index contributed by atoms with van der Waals surface area (Å²) in [6, 6.07) is 18.1. The van der Waals surface area contributed by atoms with Gasteiger partial charge in [-0.2, -0.15) is 5.26 Å². The first-order valence-electron chi connectivity index (χ1n) is 7.12. The summed E-state index contributed by atoms with van der Waals surface area (Å²) in [5.74, 6) is -1.22. The Balaban J connectivity index is 1.90. The van der Waals surface area contributed by atoms with Gasteiger partial charge in [0.2, 0.25) is 0 Å². The third kappa shape index (κ3) is 3.40. The first-order chi connectivity index (χ1) is 11.7. The van der Waals surface area contributed by atoms with Gasteiger partial charge in [0.15, 0.2) is 0 Å². The highest BCUT2D eigenvalue weighted by Gasteiger charge is 2.09. The summed E-state index contributed by atoms with van der Waals surface area (Å²) in [6.07, 6.45) is 1.69. The van der Waals surface area contributed by atoms with E-state index in [1.54, 1.807) is 18.2 Å². The van der Waals surface area contributed by atoms with Gasteiger partial charge in [-0.3, -0.25) is 0 Å². The average molecular weight is 331 g/mol. The zero-order valence-electron chi connectivity index (χ0n) is 12.5. The van der Waals surface area contributed by atoms with E-state index in [0.717, 1.165) is 16.8 Å². The molecule has 1 aromatic heterocycles. The topological polar surface area (TPSA) is 76.8 Å². The molecule has 4 nitrogen and oxygen atoms in total. The molecule has 0 fully saturated rings. The number of benzene rings is 2. The fourth-order valence-corrected chi connectivity index (χ4v) is 2.96. The van der Waals surface area contributed by atoms with Crippen LogP contribution in [0.4, 0.5) is 0 Å². The number of hydrogen-bond acceptors (Lipinski definition) is 5. The molecular formula is C19H11N2O2S-. The van der Waals surface area contributed by atoms with Crippen LogP contribution in [-0.2, 0) is 0 Å². The van der Waals surface area contributed by atoms with Crippen molar-refractivity contribution in [2.45, 2.75) is 0 Å². The first kappa shape index (κ1) is 15.7. The Hall–Kier alpha value is -3.23. The second-order valence-electron chi connectivity index (χ2n) is 4.98. The van der Waals surface area contributed by atoms with E-state index in [-0.39, 0.29) is 5.56 Å². The van der Waals surface area contributed by atoms with Crippen molar-refractivity contribution in [1.82, 2.24) is 4.98 Å². The summed E-state index contributed by atoms with van der Waals surface area (Å²) in [5.41, 5.74) is 3.09. The highest BCUT2D eigenvalue weighted by Crippen LogP contribution is 2.27. The summed E-state index contributed by atoms with van der Waals surface area (Å²) >= 11 is 1.40. The molecule has 0 bridgehead atoms. The van der Waals surface area contributed by atoms with E-state index in [0.29, 0.717) is 10.6 Å². The summed E-state index contributed by atoms with van der Waals surface area (Å²) in [6.45, 7) is 0. The Bertz CT molecular complexity index is 936. The number of carboxylic acids is 1. The Morgan fingerprint density at radius 2 is 1.83 bits per heavy atom. The van der Waals surface area contributed by atoms with Crippen molar-refractivity contribution in [3.63, 3.8) is 0 Å². The minimum Gasteiger partial charge on any atom is -0.545 e.